The van der Waals surface area contributed by atoms with E-state index in [4.69, 9.17) is 40.6 Å². The summed E-state index contributed by atoms with van der Waals surface area (Å²) in [6.07, 6.45) is 2.56. The van der Waals surface area contributed by atoms with Gasteiger partial charge in [-0.1, -0.05) is 34.8 Å². The average molecular weight is 368 g/mol. The topological polar surface area (TPSA) is 97.1 Å². The van der Waals surface area contributed by atoms with Gasteiger partial charge in [0, 0.05) is 12.4 Å². The molecule has 0 saturated carbocycles. The fraction of sp³-hybridized carbons (Fsp3) is 0. The van der Waals surface area contributed by atoms with Crippen LogP contribution in [0.15, 0.2) is 35.5 Å². The van der Waals surface area contributed by atoms with Crippen molar-refractivity contribution in [3.05, 3.63) is 45.7 Å². The van der Waals surface area contributed by atoms with Crippen molar-refractivity contribution in [2.45, 2.75) is 4.90 Å². The van der Waals surface area contributed by atoms with Crippen LogP contribution in [0.3, 0.4) is 0 Å². The molecule has 0 bridgehead atoms. The van der Waals surface area contributed by atoms with Gasteiger partial charge < -0.3 is 5.43 Å². The van der Waals surface area contributed by atoms with Crippen LogP contribution in [0.2, 0.25) is 15.1 Å². The number of nitrogens with zero attached hydrogens (tertiary/aromatic N) is 1. The minimum Gasteiger partial charge on any atom is -0.323 e. The molecule has 2 aromatic rings. The van der Waals surface area contributed by atoms with E-state index in [9.17, 15) is 8.42 Å². The maximum Gasteiger partial charge on any atom is 0.265 e. The number of hydrazine groups is 1. The van der Waals surface area contributed by atoms with E-state index in [0.717, 1.165) is 6.20 Å². The summed E-state index contributed by atoms with van der Waals surface area (Å²) in [5, 5.41) is 0.497. The highest BCUT2D eigenvalue weighted by Crippen LogP contribution is 2.34. The molecule has 0 aliphatic rings. The van der Waals surface area contributed by atoms with Crippen LogP contribution in [-0.2, 0) is 10.0 Å². The number of pyridine rings is 1. The first kappa shape index (κ1) is 16.1. The molecule has 0 radical (unpaired) electrons. The van der Waals surface area contributed by atoms with Crippen molar-refractivity contribution in [3.63, 3.8) is 0 Å². The first-order valence-corrected chi connectivity index (χ1v) is 8.05. The van der Waals surface area contributed by atoms with Gasteiger partial charge in [-0.3, -0.25) is 15.5 Å². The Labute approximate surface area is 136 Å². The zero-order valence-corrected chi connectivity index (χ0v) is 13.4. The van der Waals surface area contributed by atoms with Crippen LogP contribution < -0.4 is 16.0 Å². The van der Waals surface area contributed by atoms with Gasteiger partial charge in [0.2, 0.25) is 0 Å². The highest BCUT2D eigenvalue weighted by atomic mass is 35.5. The number of nitrogen functional groups attached to an aromatic ring is 1. The first-order valence-electron chi connectivity index (χ1n) is 5.43. The van der Waals surface area contributed by atoms with Crippen molar-refractivity contribution in [1.29, 1.82) is 0 Å². The predicted octanol–water partition coefficient (Wildman–Crippen LogP) is 3.13. The zero-order valence-electron chi connectivity index (χ0n) is 10.3. The number of aromatic nitrogens is 1. The van der Waals surface area contributed by atoms with E-state index >= 15 is 0 Å². The molecule has 0 saturated heterocycles. The van der Waals surface area contributed by atoms with Gasteiger partial charge >= 0.3 is 0 Å². The van der Waals surface area contributed by atoms with Crippen molar-refractivity contribution in [1.82, 2.24) is 4.98 Å². The number of benzene rings is 1. The summed E-state index contributed by atoms with van der Waals surface area (Å²) in [5.41, 5.74) is 2.57. The third-order valence-corrected chi connectivity index (χ3v) is 4.91. The maximum atomic E-state index is 12.3. The normalized spacial score (nSPS) is 11.2. The third-order valence-electron chi connectivity index (χ3n) is 2.48. The summed E-state index contributed by atoms with van der Waals surface area (Å²) in [6.45, 7) is 0. The molecule has 21 heavy (non-hydrogen) atoms. The van der Waals surface area contributed by atoms with Gasteiger partial charge in [0.25, 0.3) is 10.0 Å². The largest absolute Gasteiger partial charge is 0.323 e. The second-order valence-electron chi connectivity index (χ2n) is 3.87. The second kappa shape index (κ2) is 6.25. The van der Waals surface area contributed by atoms with Crippen LogP contribution in [-0.4, -0.2) is 13.4 Å². The van der Waals surface area contributed by atoms with Crippen molar-refractivity contribution in [3.8, 4) is 0 Å². The molecular weight excluding hydrogens is 359 g/mol. The van der Waals surface area contributed by atoms with E-state index < -0.39 is 10.0 Å². The molecule has 1 heterocycles. The number of nitrogens with one attached hydrogen (secondary N) is 2. The summed E-state index contributed by atoms with van der Waals surface area (Å²) >= 11 is 17.6. The smallest absolute Gasteiger partial charge is 0.265 e. The monoisotopic (exact) mass is 366 g/mol. The van der Waals surface area contributed by atoms with Gasteiger partial charge in [-0.25, -0.2) is 8.42 Å². The fourth-order valence-corrected chi connectivity index (χ4v) is 3.35. The number of sulfonamides is 1. The molecule has 0 amide bonds. The third kappa shape index (κ3) is 3.50. The first-order chi connectivity index (χ1) is 9.85. The van der Waals surface area contributed by atoms with E-state index in [0.29, 0.717) is 0 Å². The summed E-state index contributed by atoms with van der Waals surface area (Å²) in [6, 6.07) is 4.08. The lowest BCUT2D eigenvalue weighted by atomic mass is 10.3. The molecule has 6 nitrogen and oxygen atoms in total. The number of hydrogen-bond donors (Lipinski definition) is 3. The Balaban J connectivity index is 2.45. The van der Waals surface area contributed by atoms with Crippen molar-refractivity contribution in [2.24, 2.45) is 5.84 Å². The SMILES string of the molecule is NNc1ccncc1S(=O)(=O)Nc1cc(Cl)c(Cl)cc1Cl. The van der Waals surface area contributed by atoms with E-state index in [-0.39, 0.29) is 31.3 Å². The minimum atomic E-state index is -3.95. The van der Waals surface area contributed by atoms with E-state index in [1.807, 2.05) is 0 Å². The van der Waals surface area contributed by atoms with E-state index in [1.165, 1.54) is 24.4 Å². The Morgan fingerprint density at radius 3 is 2.38 bits per heavy atom. The molecule has 4 N–H and O–H groups in total. The summed E-state index contributed by atoms with van der Waals surface area (Å²) in [4.78, 5) is 3.63. The highest BCUT2D eigenvalue weighted by Gasteiger charge is 2.20. The Bertz CT molecular complexity index is 783. The van der Waals surface area contributed by atoms with Crippen LogP contribution in [0.5, 0.6) is 0 Å². The van der Waals surface area contributed by atoms with Gasteiger partial charge in [-0.2, -0.15) is 0 Å². The second-order valence-corrected chi connectivity index (χ2v) is 6.74. The molecule has 0 unspecified atom stereocenters. The standard InChI is InChI=1S/C11H9Cl3N4O2S/c12-6-3-8(14)10(4-7(6)13)18-21(19,20)11-5-16-2-1-9(11)17-15/h1-5,18H,15H2,(H,16,17). The number of nitrogens with two attached hydrogens (primary N) is 1. The van der Waals surface area contributed by atoms with Crippen LogP contribution in [0.1, 0.15) is 0 Å². The summed E-state index contributed by atoms with van der Waals surface area (Å²) in [7, 11) is -3.95. The maximum absolute atomic E-state index is 12.3. The van der Waals surface area contributed by atoms with Gasteiger partial charge in [0.1, 0.15) is 4.90 Å². The number of halogens is 3. The lowest BCUT2D eigenvalue weighted by Crippen LogP contribution is -2.18. The Morgan fingerprint density at radius 2 is 1.71 bits per heavy atom. The summed E-state index contributed by atoms with van der Waals surface area (Å²) < 4.78 is 27.0. The Hall–Kier alpha value is -1.25. The minimum absolute atomic E-state index is 0.0953. The lowest BCUT2D eigenvalue weighted by molar-refractivity contribution is 0.601. The Morgan fingerprint density at radius 1 is 1.05 bits per heavy atom. The van der Waals surface area contributed by atoms with Crippen LogP contribution in [0.4, 0.5) is 11.4 Å². The number of anilines is 2. The van der Waals surface area contributed by atoms with Gasteiger partial charge in [0.15, 0.2) is 0 Å². The van der Waals surface area contributed by atoms with E-state index in [1.54, 1.807) is 0 Å². The number of hydrogen-bond acceptors (Lipinski definition) is 5. The van der Waals surface area contributed by atoms with Crippen LogP contribution in [0, 0.1) is 0 Å². The molecule has 0 aliphatic carbocycles. The molecule has 10 heteroatoms. The molecular formula is C11H9Cl3N4O2S. The molecule has 0 fully saturated rings. The quantitative estimate of drug-likeness (QED) is 0.438. The average Bonchev–Trinajstić information content (AvgIpc) is 2.44. The van der Waals surface area contributed by atoms with Gasteiger partial charge in [-0.15, -0.1) is 0 Å². The molecule has 0 aliphatic heterocycles. The van der Waals surface area contributed by atoms with Gasteiger partial charge in [0.05, 0.1) is 26.4 Å². The van der Waals surface area contributed by atoms with Crippen LogP contribution in [0.25, 0.3) is 0 Å². The predicted molar refractivity (Wildman–Crippen MR) is 84.3 cm³/mol. The van der Waals surface area contributed by atoms with E-state index in [2.05, 4.69) is 15.1 Å². The number of rotatable bonds is 4. The summed E-state index contributed by atoms with van der Waals surface area (Å²) in [5.74, 6) is 5.28. The van der Waals surface area contributed by atoms with Crippen molar-refractivity contribution in [2.75, 3.05) is 10.1 Å². The Kier molecular flexibility index (Phi) is 4.80. The molecule has 0 atom stereocenters. The van der Waals surface area contributed by atoms with Crippen LogP contribution >= 0.6 is 34.8 Å². The molecule has 1 aromatic heterocycles. The highest BCUT2D eigenvalue weighted by molar-refractivity contribution is 7.92. The van der Waals surface area contributed by atoms with Crippen molar-refractivity contribution < 1.29 is 8.42 Å². The molecule has 1 aromatic carbocycles. The van der Waals surface area contributed by atoms with Crippen molar-refractivity contribution >= 4 is 56.2 Å². The zero-order chi connectivity index (χ0) is 15.6. The molecule has 112 valence electrons. The molecule has 0 spiro atoms. The lowest BCUT2D eigenvalue weighted by Gasteiger charge is -2.13. The van der Waals surface area contributed by atoms with Gasteiger partial charge in [-0.05, 0) is 18.2 Å². The molecule has 2 rings (SSSR count). The fourth-order valence-electron chi connectivity index (χ4n) is 1.51.